The predicted octanol–water partition coefficient (Wildman–Crippen LogP) is 3.00. The minimum Gasteiger partial charge on any atom is -0.351 e. The molecule has 0 spiro atoms. The lowest BCUT2D eigenvalue weighted by atomic mass is 9.78. The van der Waals surface area contributed by atoms with Crippen LogP contribution in [-0.4, -0.2) is 26.7 Å². The molecule has 110 valence electrons. The molecule has 1 aromatic rings. The zero-order valence-corrected chi connectivity index (χ0v) is 12.9. The molecule has 1 aliphatic rings. The van der Waals surface area contributed by atoms with Crippen molar-refractivity contribution in [3.8, 4) is 0 Å². The smallest absolute Gasteiger partial charge is 0.287 e. The van der Waals surface area contributed by atoms with E-state index in [1.54, 1.807) is 0 Å². The molecule has 7 heteroatoms. The topological polar surface area (TPSA) is 88.0 Å². The van der Waals surface area contributed by atoms with Crippen LogP contribution < -0.4 is 5.32 Å². The Labute approximate surface area is 125 Å². The molecule has 0 aliphatic heterocycles. The van der Waals surface area contributed by atoms with Gasteiger partial charge < -0.3 is 10.3 Å². The zero-order valence-electron chi connectivity index (χ0n) is 11.3. The van der Waals surface area contributed by atoms with E-state index in [4.69, 9.17) is 0 Å². The van der Waals surface area contributed by atoms with Crippen molar-refractivity contribution in [1.29, 1.82) is 0 Å². The number of amides is 1. The maximum absolute atomic E-state index is 12.2. The van der Waals surface area contributed by atoms with Crippen LogP contribution in [0.3, 0.4) is 0 Å². The summed E-state index contributed by atoms with van der Waals surface area (Å²) in [5.74, 6) is 0.401. The zero-order chi connectivity index (χ0) is 14.8. The Morgan fingerprint density at radius 1 is 1.60 bits per heavy atom. The highest BCUT2D eigenvalue weighted by atomic mass is 79.9. The molecule has 0 radical (unpaired) electrons. The van der Waals surface area contributed by atoms with Crippen molar-refractivity contribution < 1.29 is 9.72 Å². The third kappa shape index (κ3) is 3.20. The van der Waals surface area contributed by atoms with E-state index in [1.165, 1.54) is 12.3 Å². The second-order valence-corrected chi connectivity index (χ2v) is 6.14. The minimum atomic E-state index is -0.518. The summed E-state index contributed by atoms with van der Waals surface area (Å²) in [5, 5.41) is 14.4. The highest BCUT2D eigenvalue weighted by Gasteiger charge is 2.35. The van der Waals surface area contributed by atoms with Crippen molar-refractivity contribution in [3.63, 3.8) is 0 Å². The Hall–Kier alpha value is -1.37. The monoisotopic (exact) mass is 343 g/mol. The number of carbonyl (C=O) groups excluding carboxylic acids is 1. The van der Waals surface area contributed by atoms with Crippen molar-refractivity contribution in [2.45, 2.75) is 38.1 Å². The van der Waals surface area contributed by atoms with Gasteiger partial charge >= 0.3 is 0 Å². The second kappa shape index (κ2) is 5.95. The summed E-state index contributed by atoms with van der Waals surface area (Å²) in [6.45, 7) is 2.22. The molecule has 0 bridgehead atoms. The minimum absolute atomic E-state index is 0.0969. The quantitative estimate of drug-likeness (QED) is 0.500. The number of hydrogen-bond acceptors (Lipinski definition) is 3. The van der Waals surface area contributed by atoms with Gasteiger partial charge in [0.15, 0.2) is 0 Å². The fourth-order valence-corrected chi connectivity index (χ4v) is 3.24. The summed E-state index contributed by atoms with van der Waals surface area (Å²) in [6, 6.07) is 1.27. The van der Waals surface area contributed by atoms with Crippen LogP contribution in [0, 0.1) is 16.0 Å². The van der Waals surface area contributed by atoms with E-state index in [0.717, 1.165) is 25.7 Å². The first-order chi connectivity index (χ1) is 9.46. The summed E-state index contributed by atoms with van der Waals surface area (Å²) in [5.41, 5.74) is -0.111. The molecular formula is C13H18BrN3O3. The summed E-state index contributed by atoms with van der Waals surface area (Å²) in [6.07, 6.45) is 5.24. The first-order valence-electron chi connectivity index (χ1n) is 6.67. The number of nitrogens with one attached hydrogen (secondary N) is 2. The maximum atomic E-state index is 12.2. The molecule has 1 aromatic heterocycles. The highest BCUT2D eigenvalue weighted by molar-refractivity contribution is 9.09. The van der Waals surface area contributed by atoms with Gasteiger partial charge in [0.25, 0.3) is 11.6 Å². The largest absolute Gasteiger partial charge is 0.351 e. The van der Waals surface area contributed by atoms with Gasteiger partial charge in [-0.3, -0.25) is 14.9 Å². The predicted molar refractivity (Wildman–Crippen MR) is 79.1 cm³/mol. The van der Waals surface area contributed by atoms with Crippen LogP contribution in [0.5, 0.6) is 0 Å². The van der Waals surface area contributed by atoms with Crippen LogP contribution in [0.1, 0.15) is 43.1 Å². The summed E-state index contributed by atoms with van der Waals surface area (Å²) < 4.78 is 0. The lowest BCUT2D eigenvalue weighted by molar-refractivity contribution is -0.384. The number of carbonyl (C=O) groups is 1. The molecule has 2 rings (SSSR count). The van der Waals surface area contributed by atoms with Crippen LogP contribution in [0.25, 0.3) is 0 Å². The van der Waals surface area contributed by atoms with E-state index < -0.39 is 4.92 Å². The molecule has 0 atom stereocenters. The highest BCUT2D eigenvalue weighted by Crippen LogP contribution is 2.33. The van der Waals surface area contributed by atoms with E-state index in [0.29, 0.717) is 11.2 Å². The molecule has 1 fully saturated rings. The number of hydrogen-bond donors (Lipinski definition) is 2. The van der Waals surface area contributed by atoms with E-state index in [9.17, 15) is 14.9 Å². The average Bonchev–Trinajstić information content (AvgIpc) is 2.92. The molecule has 0 unspecified atom stereocenters. The molecule has 20 heavy (non-hydrogen) atoms. The number of alkyl halides is 1. The molecule has 1 heterocycles. The molecular weight excluding hydrogens is 326 g/mol. The molecule has 1 saturated carbocycles. The summed E-state index contributed by atoms with van der Waals surface area (Å²) in [7, 11) is 0. The maximum Gasteiger partial charge on any atom is 0.287 e. The normalized spacial score (nSPS) is 26.2. The van der Waals surface area contributed by atoms with Gasteiger partial charge in [0, 0.05) is 11.4 Å². The van der Waals surface area contributed by atoms with E-state index >= 15 is 0 Å². The average molecular weight is 344 g/mol. The SMILES string of the molecule is CC1CCC(CBr)(NC(=O)c2cc([N+](=O)[O-])c[nH]2)CC1. The molecule has 0 aromatic carbocycles. The lowest BCUT2D eigenvalue weighted by Crippen LogP contribution is -2.52. The fourth-order valence-electron chi connectivity index (χ4n) is 2.53. The van der Waals surface area contributed by atoms with E-state index in [-0.39, 0.29) is 22.8 Å². The van der Waals surface area contributed by atoms with Gasteiger partial charge in [-0.2, -0.15) is 0 Å². The van der Waals surface area contributed by atoms with Gasteiger partial charge in [-0.15, -0.1) is 0 Å². The van der Waals surface area contributed by atoms with Crippen LogP contribution in [0.15, 0.2) is 12.3 Å². The Morgan fingerprint density at radius 2 is 2.25 bits per heavy atom. The number of H-pyrrole nitrogens is 1. The number of rotatable bonds is 4. The number of aromatic nitrogens is 1. The number of aromatic amines is 1. The van der Waals surface area contributed by atoms with Crippen molar-refractivity contribution in [2.24, 2.45) is 5.92 Å². The van der Waals surface area contributed by atoms with Gasteiger partial charge in [0.05, 0.1) is 16.7 Å². The molecule has 1 amide bonds. The Morgan fingerprint density at radius 3 is 2.75 bits per heavy atom. The van der Waals surface area contributed by atoms with Crippen molar-refractivity contribution >= 4 is 27.5 Å². The van der Waals surface area contributed by atoms with Crippen molar-refractivity contribution in [3.05, 3.63) is 28.1 Å². The van der Waals surface area contributed by atoms with Gasteiger partial charge in [0.1, 0.15) is 5.69 Å². The van der Waals surface area contributed by atoms with Crippen LogP contribution in [0.4, 0.5) is 5.69 Å². The molecule has 6 nitrogen and oxygen atoms in total. The van der Waals surface area contributed by atoms with Gasteiger partial charge in [-0.05, 0) is 31.6 Å². The third-order valence-corrected chi connectivity index (χ3v) is 5.06. The van der Waals surface area contributed by atoms with Crippen LogP contribution in [-0.2, 0) is 0 Å². The lowest BCUT2D eigenvalue weighted by Gasteiger charge is -2.38. The van der Waals surface area contributed by atoms with Gasteiger partial charge in [0.2, 0.25) is 0 Å². The fraction of sp³-hybridized carbons (Fsp3) is 0.615. The van der Waals surface area contributed by atoms with E-state index in [2.05, 4.69) is 33.2 Å². The van der Waals surface area contributed by atoms with Crippen molar-refractivity contribution in [1.82, 2.24) is 10.3 Å². The Bertz CT molecular complexity index is 507. The van der Waals surface area contributed by atoms with Gasteiger partial charge in [-0.25, -0.2) is 0 Å². The molecule has 2 N–H and O–H groups in total. The third-order valence-electron chi connectivity index (χ3n) is 3.99. The Balaban J connectivity index is 2.07. The van der Waals surface area contributed by atoms with Crippen LogP contribution >= 0.6 is 15.9 Å². The first kappa shape index (κ1) is 15.0. The molecule has 1 aliphatic carbocycles. The van der Waals surface area contributed by atoms with Crippen LogP contribution in [0.2, 0.25) is 0 Å². The van der Waals surface area contributed by atoms with Crippen molar-refractivity contribution in [2.75, 3.05) is 5.33 Å². The number of nitro groups is 1. The number of nitrogens with zero attached hydrogens (tertiary/aromatic N) is 1. The Kier molecular flexibility index (Phi) is 4.47. The standard InChI is InChI=1S/C13H18BrN3O3/c1-9-2-4-13(8-14,5-3-9)16-12(18)11-6-10(7-15-11)17(19)20/h6-7,9,15H,2-5,8H2,1H3,(H,16,18). The van der Waals surface area contributed by atoms with E-state index in [1.807, 2.05) is 0 Å². The summed E-state index contributed by atoms with van der Waals surface area (Å²) >= 11 is 3.48. The molecule has 0 saturated heterocycles. The second-order valence-electron chi connectivity index (χ2n) is 5.58. The number of halogens is 1. The van der Waals surface area contributed by atoms with Gasteiger partial charge in [-0.1, -0.05) is 22.9 Å². The first-order valence-corrected chi connectivity index (χ1v) is 7.79. The summed E-state index contributed by atoms with van der Waals surface area (Å²) in [4.78, 5) is 25.0.